The predicted octanol–water partition coefficient (Wildman–Crippen LogP) is 1.49. The first-order valence-corrected chi connectivity index (χ1v) is 5.68. The Morgan fingerprint density at radius 3 is 2.50 bits per heavy atom. The molecule has 74 valence electrons. The van der Waals surface area contributed by atoms with Gasteiger partial charge in [0.15, 0.2) is 0 Å². The van der Waals surface area contributed by atoms with Crippen LogP contribution in [0.4, 0.5) is 0 Å². The quantitative estimate of drug-likeness (QED) is 0.667. The maximum atomic E-state index is 9.26. The molecule has 0 rings (SSSR count). The minimum absolute atomic E-state index is 0.192. The summed E-state index contributed by atoms with van der Waals surface area (Å²) in [4.78, 5) is 0. The van der Waals surface area contributed by atoms with Crippen LogP contribution in [0, 0.1) is 0 Å². The number of hydrogen-bond acceptors (Lipinski definition) is 3. The van der Waals surface area contributed by atoms with Gasteiger partial charge in [-0.2, -0.15) is 11.8 Å². The van der Waals surface area contributed by atoms with E-state index in [9.17, 15) is 5.11 Å². The van der Waals surface area contributed by atoms with Crippen molar-refractivity contribution in [2.75, 3.05) is 19.3 Å². The van der Waals surface area contributed by atoms with Gasteiger partial charge in [-0.05, 0) is 26.5 Å². The number of aliphatic hydroxyl groups is 1. The second kappa shape index (κ2) is 5.84. The minimum Gasteiger partial charge on any atom is -0.392 e. The summed E-state index contributed by atoms with van der Waals surface area (Å²) in [5.41, 5.74) is 0. The summed E-state index contributed by atoms with van der Waals surface area (Å²) in [6.07, 6.45) is 2.74. The summed E-state index contributed by atoms with van der Waals surface area (Å²) < 4.78 is 0.271. The zero-order valence-corrected chi connectivity index (χ0v) is 9.37. The third-order valence-corrected chi connectivity index (χ3v) is 3.20. The minimum atomic E-state index is -0.192. The maximum Gasteiger partial charge on any atom is 0.0662 e. The van der Waals surface area contributed by atoms with Gasteiger partial charge in [0.2, 0.25) is 0 Å². The first kappa shape index (κ1) is 12.3. The molecule has 0 aliphatic heterocycles. The zero-order valence-electron chi connectivity index (χ0n) is 8.55. The summed E-state index contributed by atoms with van der Waals surface area (Å²) in [5, 5.41) is 12.5. The Hall–Kier alpha value is 0.270. The van der Waals surface area contributed by atoms with Crippen molar-refractivity contribution < 1.29 is 5.11 Å². The van der Waals surface area contributed by atoms with Crippen LogP contribution in [0.2, 0.25) is 0 Å². The molecule has 2 N–H and O–H groups in total. The highest BCUT2D eigenvalue weighted by atomic mass is 32.2. The van der Waals surface area contributed by atoms with Crippen LogP contribution in [-0.4, -0.2) is 35.3 Å². The lowest BCUT2D eigenvalue weighted by Crippen LogP contribution is -2.36. The molecular weight excluding hydrogens is 170 g/mol. The van der Waals surface area contributed by atoms with Crippen LogP contribution in [0.3, 0.4) is 0 Å². The van der Waals surface area contributed by atoms with E-state index in [2.05, 4.69) is 25.4 Å². The van der Waals surface area contributed by atoms with Crippen LogP contribution < -0.4 is 5.32 Å². The highest BCUT2D eigenvalue weighted by molar-refractivity contribution is 7.99. The Morgan fingerprint density at radius 2 is 2.08 bits per heavy atom. The molecule has 0 fully saturated rings. The van der Waals surface area contributed by atoms with Crippen molar-refractivity contribution in [2.45, 2.75) is 38.0 Å². The first-order chi connectivity index (χ1) is 5.52. The van der Waals surface area contributed by atoms with E-state index < -0.39 is 0 Å². The Kier molecular flexibility index (Phi) is 5.97. The average Bonchev–Trinajstić information content (AvgIpc) is 2.04. The normalized spacial score (nSPS) is 14.8. The number of aliphatic hydroxyl groups excluding tert-OH is 1. The highest BCUT2D eigenvalue weighted by Crippen LogP contribution is 2.19. The van der Waals surface area contributed by atoms with Gasteiger partial charge in [-0.15, -0.1) is 0 Å². The second-order valence-electron chi connectivity index (χ2n) is 3.66. The summed E-state index contributed by atoms with van der Waals surface area (Å²) in [5.74, 6) is 0. The summed E-state index contributed by atoms with van der Waals surface area (Å²) in [6.45, 7) is 8.05. The van der Waals surface area contributed by atoms with Crippen LogP contribution in [-0.2, 0) is 0 Å². The van der Waals surface area contributed by atoms with Crippen LogP contribution >= 0.6 is 11.8 Å². The lowest BCUT2D eigenvalue weighted by atomic mass is 10.2. The monoisotopic (exact) mass is 191 g/mol. The Bertz CT molecular complexity index is 117. The number of hydrogen-bond donors (Lipinski definition) is 2. The van der Waals surface area contributed by atoms with Crippen LogP contribution in [0.25, 0.3) is 0 Å². The molecule has 12 heavy (non-hydrogen) atoms. The van der Waals surface area contributed by atoms with Gasteiger partial charge in [-0.1, -0.05) is 6.92 Å². The molecule has 0 aromatic carbocycles. The molecule has 0 aliphatic carbocycles. The molecule has 1 unspecified atom stereocenters. The molecule has 0 aromatic heterocycles. The van der Waals surface area contributed by atoms with Crippen molar-refractivity contribution >= 4 is 11.8 Å². The lowest BCUT2D eigenvalue weighted by molar-refractivity contribution is 0.167. The van der Waals surface area contributed by atoms with Crippen molar-refractivity contribution in [3.8, 4) is 0 Å². The van der Waals surface area contributed by atoms with Crippen molar-refractivity contribution in [1.29, 1.82) is 0 Å². The molecule has 3 heteroatoms. The van der Waals surface area contributed by atoms with Gasteiger partial charge in [0.05, 0.1) is 6.10 Å². The fourth-order valence-electron chi connectivity index (χ4n) is 0.756. The second-order valence-corrected chi connectivity index (χ2v) is 5.17. The third-order valence-electron chi connectivity index (χ3n) is 1.95. The van der Waals surface area contributed by atoms with Gasteiger partial charge < -0.3 is 10.4 Å². The molecule has 0 radical (unpaired) electrons. The van der Waals surface area contributed by atoms with Gasteiger partial charge >= 0.3 is 0 Å². The van der Waals surface area contributed by atoms with Gasteiger partial charge in [0, 0.05) is 17.8 Å². The summed E-state index contributed by atoms with van der Waals surface area (Å²) in [7, 11) is 0. The molecule has 0 heterocycles. The molecule has 0 bridgehead atoms. The summed E-state index contributed by atoms with van der Waals surface area (Å²) in [6, 6.07) is 0. The molecule has 0 amide bonds. The smallest absolute Gasteiger partial charge is 0.0662 e. The van der Waals surface area contributed by atoms with Gasteiger partial charge in [0.25, 0.3) is 0 Å². The van der Waals surface area contributed by atoms with E-state index in [1.165, 1.54) is 0 Å². The van der Waals surface area contributed by atoms with E-state index in [4.69, 9.17) is 0 Å². The SMILES string of the molecule is CCC(O)CNCC(C)(C)SC. The first-order valence-electron chi connectivity index (χ1n) is 4.45. The molecule has 2 nitrogen and oxygen atoms in total. The molecular formula is C9H21NOS. The van der Waals surface area contributed by atoms with E-state index in [1.807, 2.05) is 18.7 Å². The fraction of sp³-hybridized carbons (Fsp3) is 1.00. The van der Waals surface area contributed by atoms with E-state index in [0.29, 0.717) is 6.54 Å². The molecule has 1 atom stereocenters. The Morgan fingerprint density at radius 1 is 1.50 bits per heavy atom. The number of thioether (sulfide) groups is 1. The molecule has 0 aliphatic rings. The van der Waals surface area contributed by atoms with Crippen molar-refractivity contribution in [1.82, 2.24) is 5.32 Å². The lowest BCUT2D eigenvalue weighted by Gasteiger charge is -2.23. The van der Waals surface area contributed by atoms with E-state index in [-0.39, 0.29) is 10.9 Å². The van der Waals surface area contributed by atoms with E-state index in [1.54, 1.807) is 0 Å². The van der Waals surface area contributed by atoms with Gasteiger partial charge in [-0.25, -0.2) is 0 Å². The number of nitrogens with one attached hydrogen (secondary N) is 1. The fourth-order valence-corrected chi connectivity index (χ4v) is 1.00. The average molecular weight is 191 g/mol. The van der Waals surface area contributed by atoms with E-state index >= 15 is 0 Å². The predicted molar refractivity (Wildman–Crippen MR) is 56.8 cm³/mol. The van der Waals surface area contributed by atoms with Crippen LogP contribution in [0.15, 0.2) is 0 Å². The van der Waals surface area contributed by atoms with Crippen LogP contribution in [0.1, 0.15) is 27.2 Å². The highest BCUT2D eigenvalue weighted by Gasteiger charge is 2.15. The number of rotatable bonds is 6. The summed E-state index contributed by atoms with van der Waals surface area (Å²) >= 11 is 1.84. The largest absolute Gasteiger partial charge is 0.392 e. The van der Waals surface area contributed by atoms with Gasteiger partial charge in [-0.3, -0.25) is 0 Å². The molecule has 0 saturated carbocycles. The maximum absolute atomic E-state index is 9.26. The topological polar surface area (TPSA) is 32.3 Å². The molecule has 0 spiro atoms. The van der Waals surface area contributed by atoms with E-state index in [0.717, 1.165) is 13.0 Å². The van der Waals surface area contributed by atoms with Crippen molar-refractivity contribution in [3.05, 3.63) is 0 Å². The molecule has 0 aromatic rings. The van der Waals surface area contributed by atoms with Crippen molar-refractivity contribution in [3.63, 3.8) is 0 Å². The third kappa shape index (κ3) is 5.86. The molecule has 0 saturated heterocycles. The van der Waals surface area contributed by atoms with Crippen LogP contribution in [0.5, 0.6) is 0 Å². The standard InChI is InChI=1S/C9H21NOS/c1-5-8(11)6-10-7-9(2,3)12-4/h8,10-11H,5-7H2,1-4H3. The van der Waals surface area contributed by atoms with Gasteiger partial charge in [0.1, 0.15) is 0 Å². The van der Waals surface area contributed by atoms with Crippen molar-refractivity contribution in [2.24, 2.45) is 0 Å². The Balaban J connectivity index is 3.42. The Labute approximate surface area is 80.1 Å². The zero-order chi connectivity index (χ0) is 9.61.